The normalized spacial score (nSPS) is 10.7. The quantitative estimate of drug-likeness (QED) is 0.729. The van der Waals surface area contributed by atoms with Gasteiger partial charge in [-0.25, -0.2) is 9.97 Å². The number of hydrogen-bond donors (Lipinski definition) is 2. The van der Waals surface area contributed by atoms with E-state index in [4.69, 9.17) is 27.6 Å². The molecule has 2 aromatic rings. The first kappa shape index (κ1) is 12.4. The second kappa shape index (κ2) is 4.30. The van der Waals surface area contributed by atoms with Gasteiger partial charge in [-0.2, -0.15) is 0 Å². The van der Waals surface area contributed by atoms with Crippen molar-refractivity contribution >= 4 is 29.2 Å². The van der Waals surface area contributed by atoms with Crippen molar-refractivity contribution in [3.05, 3.63) is 5.15 Å². The molecule has 2 aromatic heterocycles. The molecule has 0 unspecified atom stereocenters. The Labute approximate surface area is 108 Å². The van der Waals surface area contributed by atoms with Crippen molar-refractivity contribution in [1.29, 1.82) is 0 Å². The number of aromatic nitrogens is 4. The lowest BCUT2D eigenvalue weighted by Gasteiger charge is -2.13. The Morgan fingerprint density at radius 1 is 1.22 bits per heavy atom. The minimum Gasteiger partial charge on any atom is -0.382 e. The summed E-state index contributed by atoms with van der Waals surface area (Å²) in [7, 11) is 5.20. The molecule has 0 saturated carbocycles. The number of hydrogen-bond acceptors (Lipinski definition) is 7. The third-order valence-electron chi connectivity index (χ3n) is 2.25. The van der Waals surface area contributed by atoms with Crippen LogP contribution in [0.3, 0.4) is 0 Å². The van der Waals surface area contributed by atoms with Gasteiger partial charge in [-0.15, -0.1) is 0 Å². The molecule has 9 heteroatoms. The van der Waals surface area contributed by atoms with Crippen LogP contribution in [0.4, 0.5) is 17.6 Å². The monoisotopic (exact) mass is 270 g/mol. The summed E-state index contributed by atoms with van der Waals surface area (Å²) < 4.78 is 6.56. The summed E-state index contributed by atoms with van der Waals surface area (Å²) in [5.41, 5.74) is 11.6. The molecule has 2 heterocycles. The maximum Gasteiger partial charge on any atom is 0.425 e. The number of nitrogens with two attached hydrogens (primary N) is 2. The zero-order valence-electron chi connectivity index (χ0n) is 10.2. The minimum absolute atomic E-state index is 0.171. The van der Waals surface area contributed by atoms with Crippen molar-refractivity contribution < 1.29 is 9.26 Å². The third-order valence-corrected chi connectivity index (χ3v) is 2.51. The van der Waals surface area contributed by atoms with Crippen molar-refractivity contribution in [1.82, 2.24) is 15.0 Å². The molecule has 0 atom stereocenters. The van der Waals surface area contributed by atoms with Gasteiger partial charge in [0.2, 0.25) is 0 Å². The van der Waals surface area contributed by atoms with Gasteiger partial charge in [-0.1, -0.05) is 16.3 Å². The maximum absolute atomic E-state index is 6.01. The third kappa shape index (κ3) is 2.02. The fraction of sp³-hybridized carbons (Fsp3) is 0.333. The molecular weight excluding hydrogens is 258 g/mol. The van der Waals surface area contributed by atoms with Crippen molar-refractivity contribution in [3.63, 3.8) is 0 Å². The van der Waals surface area contributed by atoms with Crippen molar-refractivity contribution in [2.45, 2.75) is 0 Å². The fourth-order valence-corrected chi connectivity index (χ4v) is 1.62. The number of aryl methyl sites for hydroxylation is 1. The Morgan fingerprint density at radius 2 is 1.89 bits per heavy atom. The first-order valence-corrected chi connectivity index (χ1v) is 5.41. The van der Waals surface area contributed by atoms with E-state index < -0.39 is 0 Å². The van der Waals surface area contributed by atoms with Gasteiger partial charge >= 0.3 is 11.8 Å². The molecule has 0 fully saturated rings. The van der Waals surface area contributed by atoms with Crippen LogP contribution >= 0.6 is 11.6 Å². The predicted octanol–water partition coefficient (Wildman–Crippen LogP) is -0.160. The van der Waals surface area contributed by atoms with Crippen LogP contribution in [-0.2, 0) is 7.05 Å². The second-order valence-corrected chi connectivity index (χ2v) is 4.19. The van der Waals surface area contributed by atoms with E-state index in [0.29, 0.717) is 5.82 Å². The highest BCUT2D eigenvalue weighted by Gasteiger charge is 2.23. The van der Waals surface area contributed by atoms with Gasteiger partial charge < -0.3 is 10.6 Å². The van der Waals surface area contributed by atoms with Gasteiger partial charge in [0.15, 0.2) is 22.5 Å². The van der Waals surface area contributed by atoms with Crippen LogP contribution in [0.2, 0.25) is 5.15 Å². The summed E-state index contributed by atoms with van der Waals surface area (Å²) in [5, 5.41) is 0.212. The number of nitrogens with zero attached hydrogens (tertiary/aromatic N) is 5. The average molecular weight is 271 g/mol. The Hall–Kier alpha value is -2.09. The molecule has 0 aromatic carbocycles. The Balaban J connectivity index is 2.56. The molecule has 18 heavy (non-hydrogen) atoms. The van der Waals surface area contributed by atoms with Crippen molar-refractivity contribution in [2.75, 3.05) is 30.5 Å². The van der Waals surface area contributed by atoms with Gasteiger partial charge in [-0.3, -0.25) is 10.3 Å². The number of nitrogen functional groups attached to an aromatic ring is 2. The molecule has 0 saturated heterocycles. The van der Waals surface area contributed by atoms with Crippen LogP contribution in [-0.4, -0.2) is 29.0 Å². The smallest absolute Gasteiger partial charge is 0.382 e. The predicted molar refractivity (Wildman–Crippen MR) is 66.9 cm³/mol. The molecule has 4 N–H and O–H groups in total. The largest absolute Gasteiger partial charge is 0.425 e. The highest BCUT2D eigenvalue weighted by atomic mass is 35.5. The molecule has 8 nitrogen and oxygen atoms in total. The molecule has 0 radical (unpaired) electrons. The van der Waals surface area contributed by atoms with Gasteiger partial charge in [0, 0.05) is 14.1 Å². The van der Waals surface area contributed by atoms with E-state index in [1.807, 2.05) is 0 Å². The lowest BCUT2D eigenvalue weighted by Crippen LogP contribution is -2.28. The first-order valence-electron chi connectivity index (χ1n) is 5.03. The summed E-state index contributed by atoms with van der Waals surface area (Å²) in [6.07, 6.45) is 0. The summed E-state index contributed by atoms with van der Waals surface area (Å²) >= 11 is 6.01. The number of halogens is 1. The fourth-order valence-electron chi connectivity index (χ4n) is 1.33. The molecule has 96 valence electrons. The van der Waals surface area contributed by atoms with Crippen molar-refractivity contribution in [2.24, 2.45) is 7.05 Å². The molecule has 0 spiro atoms. The van der Waals surface area contributed by atoms with E-state index in [2.05, 4.69) is 15.0 Å². The van der Waals surface area contributed by atoms with Crippen LogP contribution in [0.25, 0.3) is 11.6 Å². The van der Waals surface area contributed by atoms with Crippen LogP contribution < -0.4 is 21.1 Å². The zero-order valence-corrected chi connectivity index (χ0v) is 10.9. The van der Waals surface area contributed by atoms with Crippen LogP contribution in [0.5, 0.6) is 0 Å². The summed E-state index contributed by atoms with van der Waals surface area (Å²) in [4.78, 5) is 14.0. The lowest BCUT2D eigenvalue weighted by atomic mass is 10.4. The molecular formula is C9H13ClN7O+. The maximum atomic E-state index is 6.01. The standard InChI is InChI=1S/C9H12ClN7O/c1-16(2)7-5(10)13-4(6(11)14-7)8-15-9(12)17(3)18-8/h1-3H3,(H3,11,12,14,15)/p+1. The van der Waals surface area contributed by atoms with Gasteiger partial charge in [0.25, 0.3) is 0 Å². The molecule has 0 aliphatic carbocycles. The first-order chi connectivity index (χ1) is 8.40. The molecule has 2 rings (SSSR count). The zero-order chi connectivity index (χ0) is 13.4. The summed E-state index contributed by atoms with van der Waals surface area (Å²) in [6.45, 7) is 0. The average Bonchev–Trinajstić information content (AvgIpc) is 2.61. The number of rotatable bonds is 2. The lowest BCUT2D eigenvalue weighted by molar-refractivity contribution is -0.832. The van der Waals surface area contributed by atoms with E-state index in [9.17, 15) is 0 Å². The van der Waals surface area contributed by atoms with E-state index in [0.717, 1.165) is 0 Å². The molecule has 0 amide bonds. The van der Waals surface area contributed by atoms with Gasteiger partial charge in [0.1, 0.15) is 0 Å². The summed E-state index contributed by atoms with van der Waals surface area (Å²) in [5.74, 6) is 1.03. The number of anilines is 3. The van der Waals surface area contributed by atoms with Crippen LogP contribution in [0, 0.1) is 0 Å². The van der Waals surface area contributed by atoms with E-state index in [1.54, 1.807) is 26.0 Å². The van der Waals surface area contributed by atoms with Crippen LogP contribution in [0.15, 0.2) is 4.52 Å². The Morgan fingerprint density at radius 3 is 2.39 bits per heavy atom. The Kier molecular flexibility index (Phi) is 2.95. The Bertz CT molecular complexity index is 575. The van der Waals surface area contributed by atoms with Crippen molar-refractivity contribution in [3.8, 4) is 11.6 Å². The molecule has 0 aliphatic heterocycles. The van der Waals surface area contributed by atoms with E-state index in [1.165, 1.54) is 4.74 Å². The minimum atomic E-state index is 0.171. The second-order valence-electron chi connectivity index (χ2n) is 3.83. The highest BCUT2D eigenvalue weighted by Crippen LogP contribution is 2.27. The SMILES string of the molecule is CN(C)c1nc(N)c(-c2nc(N)[n+](C)o2)nc1Cl. The highest BCUT2D eigenvalue weighted by molar-refractivity contribution is 6.31. The molecule has 0 aliphatic rings. The summed E-state index contributed by atoms with van der Waals surface area (Å²) in [6, 6.07) is 0. The van der Waals surface area contributed by atoms with Gasteiger partial charge in [0.05, 0.1) is 7.05 Å². The van der Waals surface area contributed by atoms with Gasteiger partial charge in [-0.05, 0) is 4.98 Å². The van der Waals surface area contributed by atoms with E-state index >= 15 is 0 Å². The van der Waals surface area contributed by atoms with Crippen LogP contribution in [0.1, 0.15) is 0 Å². The molecule has 0 bridgehead atoms. The topological polar surface area (TPSA) is 111 Å². The van der Waals surface area contributed by atoms with E-state index in [-0.39, 0.29) is 28.5 Å².